The zero-order chi connectivity index (χ0) is 18.2. The fourth-order valence-electron chi connectivity index (χ4n) is 4.10. The van der Waals surface area contributed by atoms with Crippen molar-refractivity contribution in [3.05, 3.63) is 30.3 Å². The van der Waals surface area contributed by atoms with E-state index >= 15 is 0 Å². The van der Waals surface area contributed by atoms with Crippen LogP contribution in [0, 0.1) is 16.7 Å². The van der Waals surface area contributed by atoms with Gasteiger partial charge in [0, 0.05) is 22.7 Å². The van der Waals surface area contributed by atoms with Crippen molar-refractivity contribution in [1.29, 1.82) is 0 Å². The van der Waals surface area contributed by atoms with Crippen LogP contribution in [0.15, 0.2) is 35.2 Å². The minimum Gasteiger partial charge on any atom is -0.748 e. The Hall–Kier alpha value is -0.850. The molecule has 0 heterocycles. The molecule has 134 valence electrons. The smallest absolute Gasteiger partial charge is 0.154 e. The van der Waals surface area contributed by atoms with Crippen LogP contribution in [-0.2, 0) is 25.8 Å². The van der Waals surface area contributed by atoms with Crippen LogP contribution in [0.25, 0.3) is 0 Å². The molecular weight excluding hydrogens is 344 g/mol. The van der Waals surface area contributed by atoms with Gasteiger partial charge in [-0.05, 0) is 36.3 Å². The van der Waals surface area contributed by atoms with Crippen molar-refractivity contribution in [1.82, 2.24) is 0 Å². The Labute approximate surface area is 148 Å². The van der Waals surface area contributed by atoms with E-state index < -0.39 is 21.3 Å². The Morgan fingerprint density at radius 1 is 1.21 bits per heavy atom. The highest BCUT2D eigenvalue weighted by Crippen LogP contribution is 2.64. The van der Waals surface area contributed by atoms with Crippen molar-refractivity contribution >= 4 is 26.8 Å². The molecule has 3 rings (SSSR count). The summed E-state index contributed by atoms with van der Waals surface area (Å²) >= 11 is 0. The molecule has 0 amide bonds. The Bertz CT molecular complexity index is 695. The summed E-state index contributed by atoms with van der Waals surface area (Å²) in [5.74, 6) is -0.280. The minimum atomic E-state index is -4.33. The lowest BCUT2D eigenvalue weighted by Crippen LogP contribution is -2.42. The highest BCUT2D eigenvalue weighted by Gasteiger charge is 2.64. The van der Waals surface area contributed by atoms with E-state index in [4.69, 9.17) is 0 Å². The maximum absolute atomic E-state index is 11.8. The average Bonchev–Trinajstić information content (AvgIpc) is 2.81. The van der Waals surface area contributed by atoms with Crippen LogP contribution in [0.5, 0.6) is 0 Å². The van der Waals surface area contributed by atoms with Gasteiger partial charge < -0.3 is 4.55 Å². The molecule has 2 aliphatic rings. The molecule has 0 spiro atoms. The molecule has 4 nitrogen and oxygen atoms in total. The van der Waals surface area contributed by atoms with Crippen LogP contribution in [0.2, 0.25) is 0 Å². The summed E-state index contributed by atoms with van der Waals surface area (Å²) in [6.07, 6.45) is 6.34. The van der Waals surface area contributed by atoms with Crippen LogP contribution in [0.4, 0.5) is 0 Å². The standard InChI is InChI=1S/C10H16O4S.C8H11S/c1-9(2)7-3-4-10(9,8(11)5-7)6-15(12,13)14;1-9(2)8-6-4-3-5-7-8/h7H,3-6H2,1-2H3,(H,12,13,14);3-7H,1-2H3/q;+1/p-1. The second-order valence-electron chi connectivity index (χ2n) is 7.50. The summed E-state index contributed by atoms with van der Waals surface area (Å²) in [5.41, 5.74) is -1.22. The van der Waals surface area contributed by atoms with Crippen LogP contribution in [0.3, 0.4) is 0 Å². The van der Waals surface area contributed by atoms with Crippen molar-refractivity contribution in [2.24, 2.45) is 16.7 Å². The summed E-state index contributed by atoms with van der Waals surface area (Å²) in [6, 6.07) is 10.6. The molecule has 0 radical (unpaired) electrons. The number of carbonyl (C=O) groups is 1. The van der Waals surface area contributed by atoms with E-state index in [-0.39, 0.29) is 17.1 Å². The molecule has 2 saturated carbocycles. The molecule has 2 atom stereocenters. The Balaban J connectivity index is 0.000000198. The van der Waals surface area contributed by atoms with Crippen molar-refractivity contribution in [3.8, 4) is 0 Å². The highest BCUT2D eigenvalue weighted by atomic mass is 32.2. The molecule has 2 fully saturated rings. The van der Waals surface area contributed by atoms with Gasteiger partial charge in [-0.3, -0.25) is 4.79 Å². The third kappa shape index (κ3) is 3.70. The topological polar surface area (TPSA) is 74.3 Å². The molecular formula is C18H26O4S2. The predicted molar refractivity (Wildman–Crippen MR) is 97.0 cm³/mol. The monoisotopic (exact) mass is 370 g/mol. The molecule has 0 N–H and O–H groups in total. The minimum absolute atomic E-state index is 0.0248. The van der Waals surface area contributed by atoms with Crippen molar-refractivity contribution in [2.45, 2.75) is 38.0 Å². The first-order valence-electron chi connectivity index (χ1n) is 8.09. The van der Waals surface area contributed by atoms with E-state index in [9.17, 15) is 17.8 Å². The van der Waals surface area contributed by atoms with Gasteiger partial charge in [0.15, 0.2) is 4.90 Å². The van der Waals surface area contributed by atoms with Gasteiger partial charge in [-0.15, -0.1) is 0 Å². The van der Waals surface area contributed by atoms with Crippen molar-refractivity contribution < 1.29 is 17.8 Å². The maximum atomic E-state index is 11.8. The van der Waals surface area contributed by atoms with E-state index in [0.717, 1.165) is 6.42 Å². The summed E-state index contributed by atoms with van der Waals surface area (Å²) in [5, 5.41) is 0. The predicted octanol–water partition coefficient (Wildman–Crippen LogP) is 2.85. The summed E-state index contributed by atoms with van der Waals surface area (Å²) in [4.78, 5) is 13.3. The van der Waals surface area contributed by atoms with Crippen molar-refractivity contribution in [3.63, 3.8) is 0 Å². The molecule has 6 heteroatoms. The Morgan fingerprint density at radius 2 is 1.79 bits per heavy atom. The third-order valence-corrected chi connectivity index (χ3v) is 7.84. The number of fused-ring (bicyclic) bond motifs is 2. The van der Waals surface area contributed by atoms with Gasteiger partial charge in [-0.1, -0.05) is 32.0 Å². The van der Waals surface area contributed by atoms with Gasteiger partial charge in [0.05, 0.1) is 15.9 Å². The molecule has 0 aliphatic heterocycles. The number of benzene rings is 1. The summed E-state index contributed by atoms with van der Waals surface area (Å²) < 4.78 is 32.7. The molecule has 0 aromatic heterocycles. The fraction of sp³-hybridized carbons (Fsp3) is 0.611. The van der Waals surface area contributed by atoms with Gasteiger partial charge in [-0.25, -0.2) is 8.42 Å². The molecule has 2 aliphatic carbocycles. The van der Waals surface area contributed by atoms with Crippen LogP contribution >= 0.6 is 0 Å². The van der Waals surface area contributed by atoms with Gasteiger partial charge in [0.2, 0.25) is 0 Å². The lowest BCUT2D eigenvalue weighted by atomic mass is 9.70. The number of ketones is 1. The molecule has 0 saturated heterocycles. The van der Waals surface area contributed by atoms with Crippen LogP contribution in [-0.4, -0.2) is 37.0 Å². The van der Waals surface area contributed by atoms with Crippen molar-refractivity contribution in [2.75, 3.05) is 18.3 Å². The molecule has 1 aromatic rings. The van der Waals surface area contributed by atoms with Gasteiger partial charge in [0.1, 0.15) is 18.3 Å². The lowest BCUT2D eigenvalue weighted by molar-refractivity contribution is -0.128. The van der Waals surface area contributed by atoms with Gasteiger partial charge >= 0.3 is 0 Å². The van der Waals surface area contributed by atoms with E-state index in [1.165, 1.54) is 4.90 Å². The summed E-state index contributed by atoms with van der Waals surface area (Å²) in [6.45, 7) is 3.83. The number of rotatable bonds is 3. The normalized spacial score (nSPS) is 27.9. The van der Waals surface area contributed by atoms with E-state index in [1.807, 2.05) is 13.8 Å². The SMILES string of the molecule is CC1(C)C2CCC1(CS(=O)(=O)[O-])C(=O)C2.C[S+](C)c1ccccc1. The molecule has 1 aromatic carbocycles. The highest BCUT2D eigenvalue weighted by molar-refractivity contribution is 7.95. The first-order chi connectivity index (χ1) is 11.0. The summed E-state index contributed by atoms with van der Waals surface area (Å²) in [7, 11) is -3.91. The fourth-order valence-corrected chi connectivity index (χ4v) is 6.08. The molecule has 2 bridgehead atoms. The second-order valence-corrected chi connectivity index (χ2v) is 11.0. The molecule has 24 heavy (non-hydrogen) atoms. The maximum Gasteiger partial charge on any atom is 0.154 e. The number of hydrogen-bond donors (Lipinski definition) is 0. The third-order valence-electron chi connectivity index (χ3n) is 5.78. The van der Waals surface area contributed by atoms with E-state index in [0.29, 0.717) is 23.7 Å². The van der Waals surface area contributed by atoms with E-state index in [2.05, 4.69) is 42.8 Å². The van der Waals surface area contributed by atoms with Crippen LogP contribution in [0.1, 0.15) is 33.1 Å². The average molecular weight is 371 g/mol. The first kappa shape index (κ1) is 19.5. The van der Waals surface area contributed by atoms with E-state index in [1.54, 1.807) is 0 Å². The lowest BCUT2D eigenvalue weighted by Gasteiger charge is -2.37. The van der Waals surface area contributed by atoms with Gasteiger partial charge in [-0.2, -0.15) is 0 Å². The number of hydrogen-bond acceptors (Lipinski definition) is 4. The second kappa shape index (κ2) is 6.81. The quantitative estimate of drug-likeness (QED) is 0.606. The van der Waals surface area contributed by atoms with Crippen LogP contribution < -0.4 is 0 Å². The van der Waals surface area contributed by atoms with Gasteiger partial charge in [0.25, 0.3) is 0 Å². The number of carbonyl (C=O) groups excluding carboxylic acids is 1. The molecule has 2 unspecified atom stereocenters. The Morgan fingerprint density at radius 3 is 2.12 bits per heavy atom. The number of Topliss-reactive ketones (excluding diaryl/α,β-unsaturated/α-hetero) is 1. The zero-order valence-electron chi connectivity index (χ0n) is 14.7. The zero-order valence-corrected chi connectivity index (χ0v) is 16.4. The Kier molecular flexibility index (Phi) is 5.52. The largest absolute Gasteiger partial charge is 0.748 e. The first-order valence-corrected chi connectivity index (χ1v) is 11.7.